The third kappa shape index (κ3) is 6.78. The summed E-state index contributed by atoms with van der Waals surface area (Å²) in [4.78, 5) is 9.10. The summed E-state index contributed by atoms with van der Waals surface area (Å²) >= 11 is 0. The Bertz CT molecular complexity index is 989. The number of aromatic nitrogens is 4. The van der Waals surface area contributed by atoms with Crippen molar-refractivity contribution in [2.45, 2.75) is 59.2 Å². The van der Waals surface area contributed by atoms with E-state index in [0.29, 0.717) is 24.9 Å². The van der Waals surface area contributed by atoms with E-state index in [9.17, 15) is 0 Å². The van der Waals surface area contributed by atoms with Gasteiger partial charge in [-0.15, -0.1) is 34.2 Å². The molecule has 1 unspecified atom stereocenters. The minimum atomic E-state index is -0.0781. The largest absolute Gasteiger partial charge is 0.443 e. The van der Waals surface area contributed by atoms with Crippen LogP contribution in [0.3, 0.4) is 0 Å². The highest BCUT2D eigenvalue weighted by molar-refractivity contribution is 14.0. The van der Waals surface area contributed by atoms with Gasteiger partial charge in [-0.25, -0.2) is 9.98 Å². The summed E-state index contributed by atoms with van der Waals surface area (Å²) in [6, 6.07) is 10.3. The molecule has 0 fully saturated rings. The predicted octanol–water partition coefficient (Wildman–Crippen LogP) is 4.02. The summed E-state index contributed by atoms with van der Waals surface area (Å²) in [7, 11) is 1.94. The van der Waals surface area contributed by atoms with Crippen molar-refractivity contribution in [3.63, 3.8) is 0 Å². The maximum absolute atomic E-state index is 5.89. The summed E-state index contributed by atoms with van der Waals surface area (Å²) in [6.07, 6.45) is 1.79. The Hall–Kier alpha value is -2.43. The first kappa shape index (κ1) is 24.8. The van der Waals surface area contributed by atoms with E-state index >= 15 is 0 Å². The fourth-order valence-corrected chi connectivity index (χ4v) is 2.82. The molecule has 0 radical (unpaired) electrons. The second-order valence-electron chi connectivity index (χ2n) is 8.39. The molecule has 0 saturated heterocycles. The predicted molar refractivity (Wildman–Crippen MR) is 132 cm³/mol. The van der Waals surface area contributed by atoms with E-state index in [0.717, 1.165) is 17.4 Å². The Kier molecular flexibility index (Phi) is 8.60. The van der Waals surface area contributed by atoms with E-state index in [-0.39, 0.29) is 35.4 Å². The van der Waals surface area contributed by atoms with E-state index in [1.165, 1.54) is 5.56 Å². The van der Waals surface area contributed by atoms with E-state index in [4.69, 9.17) is 9.41 Å². The molecule has 0 aliphatic carbocycles. The highest BCUT2D eigenvalue weighted by Crippen LogP contribution is 2.22. The van der Waals surface area contributed by atoms with E-state index in [1.54, 1.807) is 6.20 Å². The Morgan fingerprint density at radius 3 is 2.48 bits per heavy atom. The molecule has 2 aromatic heterocycles. The Balaban J connectivity index is 0.00000341. The number of oxazole rings is 1. The van der Waals surface area contributed by atoms with Crippen LogP contribution in [-0.4, -0.2) is 25.7 Å². The molecule has 0 bridgehead atoms. The van der Waals surface area contributed by atoms with Gasteiger partial charge in [-0.05, 0) is 19.4 Å². The summed E-state index contributed by atoms with van der Waals surface area (Å²) in [6.45, 7) is 11.2. The van der Waals surface area contributed by atoms with Gasteiger partial charge in [0.15, 0.2) is 11.8 Å². The second kappa shape index (κ2) is 10.7. The zero-order valence-corrected chi connectivity index (χ0v) is 21.3. The molecule has 2 heterocycles. The summed E-state index contributed by atoms with van der Waals surface area (Å²) in [5.41, 5.74) is 1.10. The number of halogens is 1. The summed E-state index contributed by atoms with van der Waals surface area (Å²) < 4.78 is 7.83. The molecule has 8 nitrogen and oxygen atoms in total. The number of aryl methyl sites for hydroxylation is 1. The van der Waals surface area contributed by atoms with Crippen molar-refractivity contribution in [2.75, 3.05) is 0 Å². The van der Waals surface area contributed by atoms with Gasteiger partial charge < -0.3 is 19.6 Å². The maximum atomic E-state index is 5.89. The monoisotopic (exact) mass is 537 g/mol. The molecule has 31 heavy (non-hydrogen) atoms. The van der Waals surface area contributed by atoms with Gasteiger partial charge in [0.25, 0.3) is 0 Å². The molecule has 1 atom stereocenters. The van der Waals surface area contributed by atoms with Crippen LogP contribution in [-0.2, 0) is 25.6 Å². The molecule has 168 valence electrons. The van der Waals surface area contributed by atoms with Crippen molar-refractivity contribution in [3.05, 3.63) is 65.4 Å². The summed E-state index contributed by atoms with van der Waals surface area (Å²) in [5.74, 6) is 3.79. The Morgan fingerprint density at radius 2 is 1.90 bits per heavy atom. The number of guanidine groups is 1. The topological polar surface area (TPSA) is 93.2 Å². The van der Waals surface area contributed by atoms with Gasteiger partial charge in [0, 0.05) is 12.5 Å². The number of benzene rings is 1. The van der Waals surface area contributed by atoms with Crippen LogP contribution in [0.5, 0.6) is 0 Å². The van der Waals surface area contributed by atoms with Gasteiger partial charge in [-0.2, -0.15) is 0 Å². The van der Waals surface area contributed by atoms with Crippen molar-refractivity contribution >= 4 is 29.9 Å². The first-order valence-corrected chi connectivity index (χ1v) is 10.1. The number of nitrogens with zero attached hydrogens (tertiary/aromatic N) is 5. The minimum absolute atomic E-state index is 0. The third-order valence-electron chi connectivity index (χ3n) is 4.91. The van der Waals surface area contributed by atoms with Crippen LogP contribution in [0.2, 0.25) is 0 Å². The average Bonchev–Trinajstić information content (AvgIpc) is 3.32. The molecule has 3 aromatic rings. The molecule has 0 amide bonds. The Morgan fingerprint density at radius 1 is 1.19 bits per heavy atom. The molecular weight excluding hydrogens is 505 g/mol. The van der Waals surface area contributed by atoms with Gasteiger partial charge in [-0.1, -0.05) is 51.1 Å². The molecule has 2 N–H and O–H groups in total. The number of aliphatic imine (C=N–C) groups is 1. The number of rotatable bonds is 6. The lowest BCUT2D eigenvalue weighted by molar-refractivity contribution is 0.379. The normalized spacial score (nSPS) is 12.9. The van der Waals surface area contributed by atoms with Crippen LogP contribution < -0.4 is 10.6 Å². The molecule has 3 rings (SSSR count). The van der Waals surface area contributed by atoms with Crippen molar-refractivity contribution in [1.82, 2.24) is 30.4 Å². The molecule has 0 saturated carbocycles. The molecule has 0 aliphatic rings. The fourth-order valence-electron chi connectivity index (χ4n) is 2.82. The van der Waals surface area contributed by atoms with Gasteiger partial charge in [0.1, 0.15) is 18.1 Å². The average molecular weight is 537 g/mol. The van der Waals surface area contributed by atoms with Crippen LogP contribution in [0.4, 0.5) is 0 Å². The zero-order chi connectivity index (χ0) is 21.7. The minimum Gasteiger partial charge on any atom is -0.443 e. The molecular formula is C22H32IN7O. The molecule has 1 aromatic carbocycles. The highest BCUT2D eigenvalue weighted by atomic mass is 127. The standard InChI is InChI=1S/C22H31N7O.HI/c1-15(17-10-8-7-9-11-17)26-21(24-13-19-28-27-16(2)29(19)6)25-14-20-23-12-18(30-20)22(3,4)5;/h7-12,15H,13-14H2,1-6H3,(H2,24,25,26);1H. The summed E-state index contributed by atoms with van der Waals surface area (Å²) in [5, 5.41) is 15.1. The lowest BCUT2D eigenvalue weighted by Gasteiger charge is -2.18. The molecule has 0 aliphatic heterocycles. The molecule has 0 spiro atoms. The van der Waals surface area contributed by atoms with Crippen LogP contribution in [0.15, 0.2) is 45.9 Å². The third-order valence-corrected chi connectivity index (χ3v) is 4.91. The lowest BCUT2D eigenvalue weighted by atomic mass is 9.94. The van der Waals surface area contributed by atoms with Gasteiger partial charge in [-0.3, -0.25) is 0 Å². The first-order valence-electron chi connectivity index (χ1n) is 10.1. The van der Waals surface area contributed by atoms with Gasteiger partial charge in [0.05, 0.1) is 18.8 Å². The quantitative estimate of drug-likeness (QED) is 0.280. The van der Waals surface area contributed by atoms with Crippen LogP contribution >= 0.6 is 24.0 Å². The van der Waals surface area contributed by atoms with Crippen molar-refractivity contribution in [1.29, 1.82) is 0 Å². The zero-order valence-electron chi connectivity index (χ0n) is 19.0. The number of hydrogen-bond acceptors (Lipinski definition) is 5. The van der Waals surface area contributed by atoms with Crippen LogP contribution in [0.1, 0.15) is 62.6 Å². The fraction of sp³-hybridized carbons (Fsp3) is 0.455. The van der Waals surface area contributed by atoms with Gasteiger partial charge >= 0.3 is 0 Å². The van der Waals surface area contributed by atoms with E-state index < -0.39 is 0 Å². The van der Waals surface area contributed by atoms with E-state index in [1.807, 2.05) is 36.7 Å². The highest BCUT2D eigenvalue weighted by Gasteiger charge is 2.19. The second-order valence-corrected chi connectivity index (χ2v) is 8.39. The van der Waals surface area contributed by atoms with Crippen molar-refractivity contribution in [3.8, 4) is 0 Å². The van der Waals surface area contributed by atoms with Crippen LogP contribution in [0, 0.1) is 6.92 Å². The maximum Gasteiger partial charge on any atom is 0.213 e. The van der Waals surface area contributed by atoms with Crippen molar-refractivity contribution < 1.29 is 4.42 Å². The lowest BCUT2D eigenvalue weighted by Crippen LogP contribution is -2.38. The van der Waals surface area contributed by atoms with Crippen LogP contribution in [0.25, 0.3) is 0 Å². The number of nitrogens with one attached hydrogen (secondary N) is 2. The van der Waals surface area contributed by atoms with Gasteiger partial charge in [0.2, 0.25) is 5.89 Å². The Labute approximate surface area is 201 Å². The van der Waals surface area contributed by atoms with E-state index in [2.05, 4.69) is 65.6 Å². The SMILES string of the molecule is Cc1nnc(CN=C(NCc2ncc(C(C)(C)C)o2)NC(C)c2ccccc2)n1C.I. The number of hydrogen-bond donors (Lipinski definition) is 2. The smallest absolute Gasteiger partial charge is 0.213 e. The van der Waals surface area contributed by atoms with Crippen molar-refractivity contribution in [2.24, 2.45) is 12.0 Å². The molecule has 9 heteroatoms. The first-order chi connectivity index (χ1) is 14.2.